The Hall–Kier alpha value is -0.860. The summed E-state index contributed by atoms with van der Waals surface area (Å²) < 4.78 is 0. The first kappa shape index (κ1) is 16.5. The Labute approximate surface area is 130 Å². The molecule has 2 nitrogen and oxygen atoms in total. The van der Waals surface area contributed by atoms with Crippen LogP contribution in [-0.4, -0.2) is 31.6 Å². The van der Waals surface area contributed by atoms with E-state index in [-0.39, 0.29) is 5.41 Å². The number of likely N-dealkylation sites (N-methyl/N-ethyl adjacent to an activating group) is 1. The molecule has 1 heterocycles. The Balaban J connectivity index is 2.03. The van der Waals surface area contributed by atoms with Crippen molar-refractivity contribution in [3.63, 3.8) is 0 Å². The maximum absolute atomic E-state index is 3.50. The summed E-state index contributed by atoms with van der Waals surface area (Å²) in [6, 6.07) is 9.62. The van der Waals surface area contributed by atoms with Gasteiger partial charge in [0.2, 0.25) is 0 Å². The lowest BCUT2D eigenvalue weighted by Gasteiger charge is -2.33. The molecule has 1 saturated heterocycles. The van der Waals surface area contributed by atoms with Gasteiger partial charge in [-0.25, -0.2) is 0 Å². The predicted molar refractivity (Wildman–Crippen MR) is 91.8 cm³/mol. The molecule has 0 radical (unpaired) electrons. The molecule has 1 aliphatic heterocycles. The van der Waals surface area contributed by atoms with Crippen LogP contribution in [0.2, 0.25) is 0 Å². The van der Waals surface area contributed by atoms with Gasteiger partial charge in [-0.2, -0.15) is 0 Å². The lowest BCUT2D eigenvalue weighted by molar-refractivity contribution is 0.169. The summed E-state index contributed by atoms with van der Waals surface area (Å²) in [5, 5.41) is 3.50. The molecule has 2 atom stereocenters. The van der Waals surface area contributed by atoms with E-state index in [1.54, 1.807) is 0 Å². The number of hydrogen-bond donors (Lipinski definition) is 1. The summed E-state index contributed by atoms with van der Waals surface area (Å²) in [6.07, 6.45) is 2.74. The van der Waals surface area contributed by atoms with Gasteiger partial charge in [0, 0.05) is 19.1 Å². The minimum atomic E-state index is 0.232. The van der Waals surface area contributed by atoms with E-state index < -0.39 is 0 Å². The smallest absolute Gasteiger partial charge is 0.0446 e. The van der Waals surface area contributed by atoms with Crippen molar-refractivity contribution in [3.8, 4) is 0 Å². The van der Waals surface area contributed by atoms with Crippen LogP contribution in [-0.2, 0) is 5.41 Å². The van der Waals surface area contributed by atoms with E-state index in [1.807, 2.05) is 0 Å². The standard InChI is InChI=1S/C19H32N2/c1-15-7-6-12-21(13-15)14-18(20-5)16-8-10-17(11-9-16)19(2,3)4/h8-11,15,18,20H,6-7,12-14H2,1-5H3. The number of benzene rings is 1. The minimum absolute atomic E-state index is 0.232. The van der Waals surface area contributed by atoms with Gasteiger partial charge in [-0.05, 0) is 48.9 Å². The molecular weight excluding hydrogens is 256 g/mol. The van der Waals surface area contributed by atoms with Crippen LogP contribution in [0.5, 0.6) is 0 Å². The van der Waals surface area contributed by atoms with Crippen LogP contribution in [0.3, 0.4) is 0 Å². The van der Waals surface area contributed by atoms with Gasteiger partial charge in [-0.1, -0.05) is 52.0 Å². The summed E-state index contributed by atoms with van der Waals surface area (Å²) in [5.74, 6) is 0.847. The van der Waals surface area contributed by atoms with Crippen LogP contribution in [0.4, 0.5) is 0 Å². The van der Waals surface area contributed by atoms with Crippen molar-refractivity contribution < 1.29 is 0 Å². The molecule has 0 amide bonds. The molecule has 0 spiro atoms. The average molecular weight is 288 g/mol. The van der Waals surface area contributed by atoms with Gasteiger partial charge in [0.05, 0.1) is 0 Å². The third-order valence-electron chi connectivity index (χ3n) is 4.71. The number of nitrogens with one attached hydrogen (secondary N) is 1. The lowest BCUT2D eigenvalue weighted by atomic mass is 9.86. The predicted octanol–water partition coefficient (Wildman–Crippen LogP) is 3.98. The summed E-state index contributed by atoms with van der Waals surface area (Å²) in [6.45, 7) is 12.8. The fourth-order valence-electron chi connectivity index (χ4n) is 3.29. The minimum Gasteiger partial charge on any atom is -0.312 e. The highest BCUT2D eigenvalue weighted by Crippen LogP contribution is 2.25. The van der Waals surface area contributed by atoms with Crippen LogP contribution in [0, 0.1) is 5.92 Å². The highest BCUT2D eigenvalue weighted by molar-refractivity contribution is 5.29. The molecule has 118 valence electrons. The molecule has 1 aliphatic rings. The molecule has 1 N–H and O–H groups in total. The van der Waals surface area contributed by atoms with E-state index in [4.69, 9.17) is 0 Å². The molecule has 2 rings (SSSR count). The molecule has 0 bridgehead atoms. The van der Waals surface area contributed by atoms with E-state index in [0.29, 0.717) is 6.04 Å². The fourth-order valence-corrected chi connectivity index (χ4v) is 3.29. The quantitative estimate of drug-likeness (QED) is 0.901. The second kappa shape index (κ2) is 6.93. The molecule has 2 unspecified atom stereocenters. The van der Waals surface area contributed by atoms with Gasteiger partial charge in [-0.3, -0.25) is 0 Å². The lowest BCUT2D eigenvalue weighted by Crippen LogP contribution is -2.39. The first-order valence-electron chi connectivity index (χ1n) is 8.40. The molecular formula is C19H32N2. The Morgan fingerprint density at radius 2 is 1.90 bits per heavy atom. The molecule has 1 fully saturated rings. The Kier molecular flexibility index (Phi) is 5.45. The van der Waals surface area contributed by atoms with Crippen molar-refractivity contribution in [2.24, 2.45) is 5.92 Å². The Bertz CT molecular complexity index is 430. The molecule has 0 aliphatic carbocycles. The SMILES string of the molecule is CNC(CN1CCCC(C)C1)c1ccc(C(C)(C)C)cc1. The number of piperidine rings is 1. The van der Waals surface area contributed by atoms with Crippen LogP contribution in [0.25, 0.3) is 0 Å². The van der Waals surface area contributed by atoms with Crippen LogP contribution >= 0.6 is 0 Å². The third-order valence-corrected chi connectivity index (χ3v) is 4.71. The van der Waals surface area contributed by atoms with Gasteiger partial charge < -0.3 is 10.2 Å². The highest BCUT2D eigenvalue weighted by atomic mass is 15.2. The third kappa shape index (κ3) is 4.55. The van der Waals surface area contributed by atoms with Crippen LogP contribution in [0.15, 0.2) is 24.3 Å². The first-order valence-corrected chi connectivity index (χ1v) is 8.40. The molecule has 2 heteroatoms. The van der Waals surface area contributed by atoms with Crippen molar-refractivity contribution in [2.75, 3.05) is 26.7 Å². The fraction of sp³-hybridized carbons (Fsp3) is 0.684. The van der Waals surface area contributed by atoms with E-state index in [0.717, 1.165) is 12.5 Å². The second-order valence-electron chi connectivity index (χ2n) is 7.72. The topological polar surface area (TPSA) is 15.3 Å². The first-order chi connectivity index (χ1) is 9.90. The number of rotatable bonds is 4. The van der Waals surface area contributed by atoms with Gasteiger partial charge in [0.1, 0.15) is 0 Å². The van der Waals surface area contributed by atoms with Crippen molar-refractivity contribution in [2.45, 2.75) is 52.0 Å². The Morgan fingerprint density at radius 1 is 1.24 bits per heavy atom. The highest BCUT2D eigenvalue weighted by Gasteiger charge is 2.20. The van der Waals surface area contributed by atoms with E-state index in [1.165, 1.54) is 37.1 Å². The van der Waals surface area contributed by atoms with Crippen molar-refractivity contribution in [1.82, 2.24) is 10.2 Å². The summed E-state index contributed by atoms with van der Waals surface area (Å²) >= 11 is 0. The zero-order valence-electron chi connectivity index (χ0n) is 14.4. The average Bonchev–Trinajstić information content (AvgIpc) is 2.44. The number of hydrogen-bond acceptors (Lipinski definition) is 2. The summed E-state index contributed by atoms with van der Waals surface area (Å²) in [4.78, 5) is 2.62. The molecule has 0 aromatic heterocycles. The van der Waals surface area contributed by atoms with Gasteiger partial charge >= 0.3 is 0 Å². The summed E-state index contributed by atoms with van der Waals surface area (Å²) in [5.41, 5.74) is 3.05. The van der Waals surface area contributed by atoms with Crippen LogP contribution in [0.1, 0.15) is 57.7 Å². The van der Waals surface area contributed by atoms with E-state index in [2.05, 4.69) is 69.2 Å². The van der Waals surface area contributed by atoms with Crippen molar-refractivity contribution in [1.29, 1.82) is 0 Å². The molecule has 0 saturated carbocycles. The van der Waals surface area contributed by atoms with Gasteiger partial charge in [0.15, 0.2) is 0 Å². The normalized spacial score (nSPS) is 22.2. The molecule has 1 aromatic rings. The van der Waals surface area contributed by atoms with E-state index >= 15 is 0 Å². The largest absolute Gasteiger partial charge is 0.312 e. The Morgan fingerprint density at radius 3 is 2.43 bits per heavy atom. The molecule has 1 aromatic carbocycles. The van der Waals surface area contributed by atoms with E-state index in [9.17, 15) is 0 Å². The summed E-state index contributed by atoms with van der Waals surface area (Å²) in [7, 11) is 2.08. The zero-order valence-corrected chi connectivity index (χ0v) is 14.4. The molecule has 21 heavy (non-hydrogen) atoms. The maximum Gasteiger partial charge on any atom is 0.0446 e. The number of nitrogens with zero attached hydrogens (tertiary/aromatic N) is 1. The maximum atomic E-state index is 3.50. The van der Waals surface area contributed by atoms with Gasteiger partial charge in [-0.15, -0.1) is 0 Å². The number of likely N-dealkylation sites (tertiary alicyclic amines) is 1. The zero-order chi connectivity index (χ0) is 15.5. The van der Waals surface area contributed by atoms with Crippen LogP contribution < -0.4 is 5.32 Å². The van der Waals surface area contributed by atoms with Gasteiger partial charge in [0.25, 0.3) is 0 Å². The van der Waals surface area contributed by atoms with Crippen molar-refractivity contribution in [3.05, 3.63) is 35.4 Å². The monoisotopic (exact) mass is 288 g/mol. The van der Waals surface area contributed by atoms with Crippen molar-refractivity contribution >= 4 is 0 Å². The second-order valence-corrected chi connectivity index (χ2v) is 7.72.